The first-order valence-electron chi connectivity index (χ1n) is 9.57. The van der Waals surface area contributed by atoms with Gasteiger partial charge in [-0.3, -0.25) is 4.79 Å². The number of amides is 1. The number of nitrogens with zero attached hydrogens (tertiary/aromatic N) is 3. The van der Waals surface area contributed by atoms with Crippen LogP contribution in [0.15, 0.2) is 66.9 Å². The fourth-order valence-corrected chi connectivity index (χ4v) is 3.33. The van der Waals surface area contributed by atoms with E-state index in [1.807, 2.05) is 0 Å². The Morgan fingerprint density at radius 1 is 1.03 bits per heavy atom. The van der Waals surface area contributed by atoms with Gasteiger partial charge >= 0.3 is 0 Å². The van der Waals surface area contributed by atoms with Crippen LogP contribution in [0.4, 0.5) is 14.5 Å². The summed E-state index contributed by atoms with van der Waals surface area (Å²) in [6.45, 7) is 1.98. The molecule has 4 aromatic rings. The van der Waals surface area contributed by atoms with Gasteiger partial charge in [-0.1, -0.05) is 23.7 Å². The van der Waals surface area contributed by atoms with Gasteiger partial charge in [-0.25, -0.2) is 18.4 Å². The lowest BCUT2D eigenvalue weighted by atomic mass is 10.2. The van der Waals surface area contributed by atoms with Crippen LogP contribution in [0.5, 0.6) is 11.6 Å². The number of rotatable bonds is 6. The SMILES string of the molecule is Cc1nn(Cc2ccc(F)cc2)c(Cl)c1C(=O)Nc1ccc(Oc2ccc(F)cc2)nc1. The summed E-state index contributed by atoms with van der Waals surface area (Å²) in [7, 11) is 0. The normalized spacial score (nSPS) is 10.8. The predicted octanol–water partition coefficient (Wildman–Crippen LogP) is 5.61. The molecule has 0 aliphatic heterocycles. The second kappa shape index (κ2) is 9.15. The van der Waals surface area contributed by atoms with E-state index in [1.165, 1.54) is 47.3 Å². The molecule has 0 unspecified atom stereocenters. The highest BCUT2D eigenvalue weighted by Crippen LogP contribution is 2.24. The Balaban J connectivity index is 1.44. The molecule has 1 N–H and O–H groups in total. The molecule has 9 heteroatoms. The van der Waals surface area contributed by atoms with Crippen LogP contribution >= 0.6 is 11.6 Å². The molecule has 32 heavy (non-hydrogen) atoms. The minimum atomic E-state index is -0.438. The van der Waals surface area contributed by atoms with Gasteiger partial charge in [-0.05, 0) is 55.0 Å². The van der Waals surface area contributed by atoms with Crippen molar-refractivity contribution in [3.8, 4) is 11.6 Å². The maximum Gasteiger partial charge on any atom is 0.260 e. The summed E-state index contributed by atoms with van der Waals surface area (Å²) in [5, 5.41) is 7.23. The highest BCUT2D eigenvalue weighted by atomic mass is 35.5. The number of pyridine rings is 1. The van der Waals surface area contributed by atoms with Crippen LogP contribution in [0, 0.1) is 18.6 Å². The number of hydrogen-bond donors (Lipinski definition) is 1. The highest BCUT2D eigenvalue weighted by Gasteiger charge is 2.21. The van der Waals surface area contributed by atoms with Crippen LogP contribution in [-0.2, 0) is 6.54 Å². The van der Waals surface area contributed by atoms with E-state index in [0.717, 1.165) is 5.56 Å². The molecule has 2 heterocycles. The molecule has 0 aliphatic rings. The third-order valence-corrected chi connectivity index (χ3v) is 4.95. The minimum Gasteiger partial charge on any atom is -0.439 e. The van der Waals surface area contributed by atoms with E-state index >= 15 is 0 Å². The zero-order chi connectivity index (χ0) is 22.7. The number of halogens is 3. The predicted molar refractivity (Wildman–Crippen MR) is 116 cm³/mol. The number of ether oxygens (including phenoxy) is 1. The van der Waals surface area contributed by atoms with Crippen molar-refractivity contribution in [2.45, 2.75) is 13.5 Å². The quantitative estimate of drug-likeness (QED) is 0.411. The lowest BCUT2D eigenvalue weighted by molar-refractivity contribution is 0.102. The van der Waals surface area contributed by atoms with Gasteiger partial charge in [0.1, 0.15) is 22.5 Å². The maximum absolute atomic E-state index is 13.1. The van der Waals surface area contributed by atoms with Crippen molar-refractivity contribution < 1.29 is 18.3 Å². The van der Waals surface area contributed by atoms with Crippen LogP contribution in [0.2, 0.25) is 5.15 Å². The number of anilines is 1. The van der Waals surface area contributed by atoms with E-state index in [0.29, 0.717) is 23.7 Å². The molecule has 1 amide bonds. The van der Waals surface area contributed by atoms with Crippen molar-refractivity contribution in [3.63, 3.8) is 0 Å². The Morgan fingerprint density at radius 2 is 1.69 bits per heavy atom. The molecule has 0 spiro atoms. The van der Waals surface area contributed by atoms with Crippen LogP contribution in [0.3, 0.4) is 0 Å². The van der Waals surface area contributed by atoms with Crippen LogP contribution in [0.1, 0.15) is 21.6 Å². The third-order valence-electron chi connectivity index (χ3n) is 4.57. The lowest BCUT2D eigenvalue weighted by Crippen LogP contribution is -2.13. The van der Waals surface area contributed by atoms with Crippen molar-refractivity contribution in [1.29, 1.82) is 0 Å². The summed E-state index contributed by atoms with van der Waals surface area (Å²) < 4.78 is 33.1. The number of carbonyl (C=O) groups is 1. The molecule has 0 atom stereocenters. The molecule has 4 rings (SSSR count). The first-order valence-corrected chi connectivity index (χ1v) is 9.95. The van der Waals surface area contributed by atoms with E-state index in [4.69, 9.17) is 16.3 Å². The first kappa shape index (κ1) is 21.5. The summed E-state index contributed by atoms with van der Waals surface area (Å²) >= 11 is 6.40. The monoisotopic (exact) mass is 454 g/mol. The van der Waals surface area contributed by atoms with Crippen molar-refractivity contribution >= 4 is 23.2 Å². The van der Waals surface area contributed by atoms with Gasteiger partial charge < -0.3 is 10.1 Å². The summed E-state index contributed by atoms with van der Waals surface area (Å²) in [6, 6.07) is 14.7. The Morgan fingerprint density at radius 3 is 2.31 bits per heavy atom. The largest absolute Gasteiger partial charge is 0.439 e. The summed E-state index contributed by atoms with van der Waals surface area (Å²) in [4.78, 5) is 16.9. The molecule has 0 fully saturated rings. The second-order valence-electron chi connectivity index (χ2n) is 6.93. The number of carbonyl (C=O) groups excluding carboxylic acids is 1. The molecule has 0 aliphatic carbocycles. The molecule has 0 saturated carbocycles. The molecule has 6 nitrogen and oxygen atoms in total. The van der Waals surface area contributed by atoms with Gasteiger partial charge in [0.05, 0.1) is 29.7 Å². The minimum absolute atomic E-state index is 0.175. The van der Waals surface area contributed by atoms with Crippen molar-refractivity contribution in [2.24, 2.45) is 0 Å². The Bertz CT molecular complexity index is 1240. The van der Waals surface area contributed by atoms with Gasteiger partial charge in [0.25, 0.3) is 5.91 Å². The zero-order valence-electron chi connectivity index (χ0n) is 16.8. The fraction of sp³-hybridized carbons (Fsp3) is 0.0870. The van der Waals surface area contributed by atoms with E-state index in [1.54, 1.807) is 31.2 Å². The molecule has 162 valence electrons. The van der Waals surface area contributed by atoms with Gasteiger partial charge in [0, 0.05) is 6.07 Å². The van der Waals surface area contributed by atoms with E-state index in [-0.39, 0.29) is 28.2 Å². The summed E-state index contributed by atoms with van der Waals surface area (Å²) in [6.07, 6.45) is 1.43. The van der Waals surface area contributed by atoms with Crippen LogP contribution in [-0.4, -0.2) is 20.7 Å². The van der Waals surface area contributed by atoms with Crippen molar-refractivity contribution in [3.05, 3.63) is 100 Å². The van der Waals surface area contributed by atoms with Crippen LogP contribution in [0.25, 0.3) is 0 Å². The summed E-state index contributed by atoms with van der Waals surface area (Å²) in [5.74, 6) is -0.410. The van der Waals surface area contributed by atoms with Crippen molar-refractivity contribution in [1.82, 2.24) is 14.8 Å². The molecule has 0 saturated heterocycles. The molecule has 2 aromatic carbocycles. The fourth-order valence-electron chi connectivity index (χ4n) is 3.01. The first-order chi connectivity index (χ1) is 15.4. The van der Waals surface area contributed by atoms with Gasteiger partial charge in [-0.15, -0.1) is 0 Å². The number of aryl methyl sites for hydroxylation is 1. The number of nitrogens with one attached hydrogen (secondary N) is 1. The molecular formula is C23H17ClF2N4O2. The molecule has 2 aromatic heterocycles. The number of hydrogen-bond acceptors (Lipinski definition) is 4. The standard InChI is InChI=1S/C23H17ClF2N4O2/c1-14-21(22(24)30(29-14)13-15-2-4-16(25)5-3-15)23(31)28-18-8-11-20(27-12-18)32-19-9-6-17(26)7-10-19/h2-12H,13H2,1H3,(H,28,31). The zero-order valence-corrected chi connectivity index (χ0v) is 17.6. The maximum atomic E-state index is 13.1. The summed E-state index contributed by atoms with van der Waals surface area (Å²) in [5.41, 5.74) is 1.92. The Labute approximate surface area is 187 Å². The number of aromatic nitrogens is 3. The Kier molecular flexibility index (Phi) is 6.13. The third kappa shape index (κ3) is 4.92. The molecular weight excluding hydrogens is 438 g/mol. The average molecular weight is 455 g/mol. The average Bonchev–Trinajstić information content (AvgIpc) is 3.05. The highest BCUT2D eigenvalue weighted by molar-refractivity contribution is 6.33. The lowest BCUT2D eigenvalue weighted by Gasteiger charge is -2.08. The topological polar surface area (TPSA) is 69.0 Å². The van der Waals surface area contributed by atoms with E-state index < -0.39 is 5.91 Å². The van der Waals surface area contributed by atoms with E-state index in [9.17, 15) is 13.6 Å². The Hall–Kier alpha value is -3.78. The molecule has 0 bridgehead atoms. The van der Waals surface area contributed by atoms with Gasteiger partial charge in [0.2, 0.25) is 5.88 Å². The molecule has 0 radical (unpaired) electrons. The number of benzene rings is 2. The smallest absolute Gasteiger partial charge is 0.260 e. The second-order valence-corrected chi connectivity index (χ2v) is 7.29. The van der Waals surface area contributed by atoms with E-state index in [2.05, 4.69) is 15.4 Å². The van der Waals surface area contributed by atoms with Gasteiger partial charge in [0.15, 0.2) is 0 Å². The van der Waals surface area contributed by atoms with Gasteiger partial charge in [-0.2, -0.15) is 5.10 Å². The van der Waals surface area contributed by atoms with Crippen molar-refractivity contribution in [2.75, 3.05) is 5.32 Å². The van der Waals surface area contributed by atoms with Crippen LogP contribution < -0.4 is 10.1 Å².